The van der Waals surface area contributed by atoms with Crippen molar-refractivity contribution in [3.05, 3.63) is 59.8 Å². The summed E-state index contributed by atoms with van der Waals surface area (Å²) in [4.78, 5) is 0. The maximum absolute atomic E-state index is 3.80. The van der Waals surface area contributed by atoms with Crippen LogP contribution in [0.5, 0.6) is 0 Å². The molecule has 0 aromatic carbocycles. The van der Waals surface area contributed by atoms with E-state index in [4.69, 9.17) is 0 Å². The third-order valence-electron chi connectivity index (χ3n) is 2.09. The molecule has 0 saturated carbocycles. The number of hydrogen-bond acceptors (Lipinski definition) is 0. The molecule has 0 unspecified atom stereocenters. The molecule has 82 valence electrons. The first-order valence-corrected chi connectivity index (χ1v) is 5.35. The molecule has 0 atom stereocenters. The van der Waals surface area contributed by atoms with Crippen LogP contribution in [-0.2, 0) is 0 Å². The monoisotopic (exact) mass is 202 g/mol. The Hall–Kier alpha value is -1.30. The fraction of sp³-hybridized carbons (Fsp3) is 0.333. The van der Waals surface area contributed by atoms with Crippen LogP contribution in [0.1, 0.15) is 34.1 Å². The normalized spacial score (nSPS) is 14.1. The minimum Gasteiger partial charge on any atom is -0.0961 e. The molecule has 0 N–H and O–H groups in total. The summed E-state index contributed by atoms with van der Waals surface area (Å²) in [6, 6.07) is 0. The maximum atomic E-state index is 3.80. The third-order valence-corrected chi connectivity index (χ3v) is 2.09. The van der Waals surface area contributed by atoms with Crippen LogP contribution in [-0.4, -0.2) is 0 Å². The van der Waals surface area contributed by atoms with Crippen molar-refractivity contribution in [2.45, 2.75) is 34.1 Å². The summed E-state index contributed by atoms with van der Waals surface area (Å²) in [7, 11) is 0. The number of rotatable bonds is 5. The molecular formula is C15H22. The van der Waals surface area contributed by atoms with Gasteiger partial charge >= 0.3 is 0 Å². The molecule has 0 nitrogen and oxygen atoms in total. The second-order valence-corrected chi connectivity index (χ2v) is 3.85. The van der Waals surface area contributed by atoms with Gasteiger partial charge in [0, 0.05) is 0 Å². The zero-order valence-corrected chi connectivity index (χ0v) is 10.4. The van der Waals surface area contributed by atoms with E-state index in [1.54, 1.807) is 0 Å². The molecule has 0 spiro atoms. The molecule has 0 saturated heterocycles. The second-order valence-electron chi connectivity index (χ2n) is 3.85. The lowest BCUT2D eigenvalue weighted by Gasteiger charge is -1.94. The van der Waals surface area contributed by atoms with Crippen molar-refractivity contribution in [3.63, 3.8) is 0 Å². The van der Waals surface area contributed by atoms with E-state index in [0.717, 1.165) is 12.0 Å². The summed E-state index contributed by atoms with van der Waals surface area (Å²) < 4.78 is 0. The van der Waals surface area contributed by atoms with Gasteiger partial charge in [-0.15, -0.1) is 0 Å². The summed E-state index contributed by atoms with van der Waals surface area (Å²) in [6.07, 6.45) is 13.6. The minimum atomic E-state index is 1.04. The van der Waals surface area contributed by atoms with E-state index in [0.29, 0.717) is 0 Å². The third kappa shape index (κ3) is 9.01. The average Bonchev–Trinajstić information content (AvgIpc) is 2.20. The van der Waals surface area contributed by atoms with Crippen LogP contribution in [0.25, 0.3) is 0 Å². The molecule has 0 aromatic rings. The van der Waals surface area contributed by atoms with E-state index in [1.165, 1.54) is 11.1 Å². The Morgan fingerprint density at radius 1 is 1.07 bits per heavy atom. The van der Waals surface area contributed by atoms with Gasteiger partial charge in [0.05, 0.1) is 0 Å². The molecule has 0 bridgehead atoms. The Labute approximate surface area is 94.4 Å². The summed E-state index contributed by atoms with van der Waals surface area (Å²) >= 11 is 0. The largest absolute Gasteiger partial charge is 0.0961 e. The lowest BCUT2D eigenvalue weighted by molar-refractivity contribution is 1.18. The van der Waals surface area contributed by atoms with E-state index < -0.39 is 0 Å². The van der Waals surface area contributed by atoms with Gasteiger partial charge in [0.15, 0.2) is 0 Å². The molecule has 0 aromatic heterocycles. The molecule has 0 rings (SSSR count). The smallest absolute Gasteiger partial charge is 0.0136 e. The van der Waals surface area contributed by atoms with E-state index >= 15 is 0 Å². The Bertz CT molecular complexity index is 309. The Kier molecular flexibility index (Phi) is 7.35. The SMILES string of the molecule is C=C(C)/C=C/C=C/C(C)=C/C/C(C)=C/C. The van der Waals surface area contributed by atoms with E-state index in [1.807, 2.05) is 25.2 Å². The van der Waals surface area contributed by atoms with Crippen molar-refractivity contribution < 1.29 is 0 Å². The average molecular weight is 202 g/mol. The molecule has 0 fully saturated rings. The van der Waals surface area contributed by atoms with Crippen LogP contribution < -0.4 is 0 Å². The summed E-state index contributed by atoms with van der Waals surface area (Å²) in [5.41, 5.74) is 3.77. The highest BCUT2D eigenvalue weighted by Crippen LogP contribution is 2.05. The Morgan fingerprint density at radius 3 is 2.20 bits per heavy atom. The van der Waals surface area contributed by atoms with Gasteiger partial charge in [-0.05, 0) is 34.1 Å². The van der Waals surface area contributed by atoms with Crippen LogP contribution in [0.3, 0.4) is 0 Å². The molecule has 0 aliphatic heterocycles. The summed E-state index contributed by atoms with van der Waals surface area (Å²) in [5.74, 6) is 0. The van der Waals surface area contributed by atoms with Crippen molar-refractivity contribution in [1.29, 1.82) is 0 Å². The van der Waals surface area contributed by atoms with Gasteiger partial charge in [0.25, 0.3) is 0 Å². The zero-order valence-electron chi connectivity index (χ0n) is 10.4. The molecule has 0 aliphatic rings. The van der Waals surface area contributed by atoms with Crippen LogP contribution in [0.4, 0.5) is 0 Å². The summed E-state index contributed by atoms with van der Waals surface area (Å²) in [6.45, 7) is 12.1. The van der Waals surface area contributed by atoms with Crippen molar-refractivity contribution in [2.24, 2.45) is 0 Å². The first-order chi connectivity index (χ1) is 7.06. The van der Waals surface area contributed by atoms with Crippen LogP contribution in [0.2, 0.25) is 0 Å². The van der Waals surface area contributed by atoms with Gasteiger partial charge < -0.3 is 0 Å². The van der Waals surface area contributed by atoms with E-state index in [2.05, 4.69) is 45.6 Å². The van der Waals surface area contributed by atoms with Crippen molar-refractivity contribution in [1.82, 2.24) is 0 Å². The first kappa shape index (κ1) is 13.7. The topological polar surface area (TPSA) is 0 Å². The maximum Gasteiger partial charge on any atom is -0.0136 e. The second kappa shape index (κ2) is 8.05. The lowest BCUT2D eigenvalue weighted by Crippen LogP contribution is -1.73. The highest BCUT2D eigenvalue weighted by molar-refractivity contribution is 5.24. The first-order valence-electron chi connectivity index (χ1n) is 5.35. The molecule has 0 aliphatic carbocycles. The highest BCUT2D eigenvalue weighted by atomic mass is 13.9. The number of allylic oxidation sites excluding steroid dienone is 9. The quantitative estimate of drug-likeness (QED) is 0.436. The molecule has 0 heteroatoms. The Morgan fingerprint density at radius 2 is 1.67 bits per heavy atom. The predicted octanol–water partition coefficient (Wildman–Crippen LogP) is 4.98. The fourth-order valence-corrected chi connectivity index (χ4v) is 0.935. The van der Waals surface area contributed by atoms with Crippen molar-refractivity contribution >= 4 is 0 Å². The van der Waals surface area contributed by atoms with Crippen LogP contribution in [0, 0.1) is 0 Å². The van der Waals surface area contributed by atoms with Crippen molar-refractivity contribution in [3.8, 4) is 0 Å². The molecule has 0 amide bonds. The van der Waals surface area contributed by atoms with Crippen LogP contribution in [0.15, 0.2) is 59.8 Å². The molecular weight excluding hydrogens is 180 g/mol. The van der Waals surface area contributed by atoms with Crippen molar-refractivity contribution in [2.75, 3.05) is 0 Å². The van der Waals surface area contributed by atoms with Gasteiger partial charge in [0.2, 0.25) is 0 Å². The highest BCUT2D eigenvalue weighted by Gasteiger charge is 1.84. The Balaban J connectivity index is 4.12. The van der Waals surface area contributed by atoms with Gasteiger partial charge in [-0.25, -0.2) is 0 Å². The van der Waals surface area contributed by atoms with E-state index in [9.17, 15) is 0 Å². The van der Waals surface area contributed by atoms with Gasteiger partial charge in [-0.3, -0.25) is 0 Å². The van der Waals surface area contributed by atoms with Gasteiger partial charge in [0.1, 0.15) is 0 Å². The van der Waals surface area contributed by atoms with E-state index in [-0.39, 0.29) is 0 Å². The van der Waals surface area contributed by atoms with Gasteiger partial charge in [-0.1, -0.05) is 59.8 Å². The lowest BCUT2D eigenvalue weighted by atomic mass is 10.1. The fourth-order valence-electron chi connectivity index (χ4n) is 0.935. The van der Waals surface area contributed by atoms with Crippen LogP contribution >= 0.6 is 0 Å². The summed E-state index contributed by atoms with van der Waals surface area (Å²) in [5, 5.41) is 0. The molecule has 0 radical (unpaired) electrons. The zero-order chi connectivity index (χ0) is 11.7. The molecule has 0 heterocycles. The van der Waals surface area contributed by atoms with Gasteiger partial charge in [-0.2, -0.15) is 0 Å². The minimum absolute atomic E-state index is 1.04. The standard InChI is InChI=1S/C15H22/c1-6-14(4)11-12-15(5)10-8-7-9-13(2)3/h6-10,12H,2,11H2,1,3-5H3/b9-7+,10-8+,14-6+,15-12+. The molecule has 15 heavy (non-hydrogen) atoms. The predicted molar refractivity (Wildman–Crippen MR) is 70.9 cm³/mol. The number of hydrogen-bond donors (Lipinski definition) is 0.